The normalized spacial score (nSPS) is 11.8. The molecule has 1 atom stereocenters. The number of amides is 1. The molecule has 1 unspecified atom stereocenters. The van der Waals surface area contributed by atoms with Gasteiger partial charge in [0.05, 0.1) is 0 Å². The molecule has 0 saturated heterocycles. The van der Waals surface area contributed by atoms with Crippen LogP contribution in [-0.4, -0.2) is 18.8 Å². The number of nitrogens with one attached hydrogen (secondary N) is 1. The summed E-state index contributed by atoms with van der Waals surface area (Å²) in [6, 6.07) is 16.1. The lowest BCUT2D eigenvalue weighted by Crippen LogP contribution is -2.28. The minimum atomic E-state index is -0.108. The van der Waals surface area contributed by atoms with Crippen LogP contribution >= 0.6 is 11.8 Å². The van der Waals surface area contributed by atoms with Crippen LogP contribution in [0.3, 0.4) is 0 Å². The number of ether oxygens (including phenoxy) is 1. The Morgan fingerprint density at radius 1 is 1.17 bits per heavy atom. The van der Waals surface area contributed by atoms with E-state index in [2.05, 4.69) is 37.4 Å². The van der Waals surface area contributed by atoms with Crippen LogP contribution in [0.2, 0.25) is 0 Å². The number of thioether (sulfide) groups is 1. The quantitative estimate of drug-likeness (QED) is 0.711. The maximum atomic E-state index is 12.0. The van der Waals surface area contributed by atoms with Gasteiger partial charge in [-0.2, -0.15) is 0 Å². The summed E-state index contributed by atoms with van der Waals surface area (Å²) in [5.41, 5.74) is 2.24. The van der Waals surface area contributed by atoms with Crippen molar-refractivity contribution in [2.75, 3.05) is 12.9 Å². The second-order valence-electron chi connectivity index (χ2n) is 5.76. The van der Waals surface area contributed by atoms with Crippen LogP contribution in [-0.2, 0) is 11.3 Å². The fourth-order valence-electron chi connectivity index (χ4n) is 2.38. The summed E-state index contributed by atoms with van der Waals surface area (Å²) in [5.74, 6) is 1.11. The lowest BCUT2D eigenvalue weighted by atomic mass is 9.98. The van der Waals surface area contributed by atoms with E-state index < -0.39 is 0 Å². The SMILES string of the molecule is CCC(C)c1ccccc1OCC(=O)NCc1ccc(SC)cc1. The van der Waals surface area contributed by atoms with Crippen LogP contribution in [0.4, 0.5) is 0 Å². The zero-order valence-corrected chi connectivity index (χ0v) is 15.4. The van der Waals surface area contributed by atoms with E-state index >= 15 is 0 Å². The van der Waals surface area contributed by atoms with Gasteiger partial charge in [-0.15, -0.1) is 11.8 Å². The predicted octanol–water partition coefficient (Wildman–Crippen LogP) is 4.62. The van der Waals surface area contributed by atoms with E-state index in [1.807, 2.05) is 36.6 Å². The van der Waals surface area contributed by atoms with E-state index in [-0.39, 0.29) is 12.5 Å². The molecule has 2 rings (SSSR count). The van der Waals surface area contributed by atoms with Crippen LogP contribution in [0, 0.1) is 0 Å². The average Bonchev–Trinajstić information content (AvgIpc) is 2.64. The molecule has 0 aliphatic rings. The smallest absolute Gasteiger partial charge is 0.258 e. The fraction of sp³-hybridized carbons (Fsp3) is 0.350. The van der Waals surface area contributed by atoms with Crippen LogP contribution in [0.15, 0.2) is 53.4 Å². The zero-order valence-electron chi connectivity index (χ0n) is 14.5. The summed E-state index contributed by atoms with van der Waals surface area (Å²) in [4.78, 5) is 13.2. The first-order chi connectivity index (χ1) is 11.6. The first-order valence-electron chi connectivity index (χ1n) is 8.25. The minimum Gasteiger partial charge on any atom is -0.483 e. The summed E-state index contributed by atoms with van der Waals surface area (Å²) >= 11 is 1.71. The van der Waals surface area contributed by atoms with Gasteiger partial charge in [0, 0.05) is 11.4 Å². The second kappa shape index (κ2) is 9.38. The molecule has 128 valence electrons. The Labute approximate surface area is 148 Å². The molecule has 0 spiro atoms. The summed E-state index contributed by atoms with van der Waals surface area (Å²) in [7, 11) is 0. The highest BCUT2D eigenvalue weighted by Gasteiger charge is 2.11. The van der Waals surface area contributed by atoms with E-state index in [1.54, 1.807) is 11.8 Å². The first kappa shape index (κ1) is 18.4. The maximum absolute atomic E-state index is 12.0. The second-order valence-corrected chi connectivity index (χ2v) is 6.64. The van der Waals surface area contributed by atoms with Crippen molar-refractivity contribution >= 4 is 17.7 Å². The number of hydrogen-bond donors (Lipinski definition) is 1. The van der Waals surface area contributed by atoms with Crippen molar-refractivity contribution in [2.45, 2.75) is 37.6 Å². The van der Waals surface area contributed by atoms with Gasteiger partial charge >= 0.3 is 0 Å². The third-order valence-corrected chi connectivity index (χ3v) is 4.81. The summed E-state index contributed by atoms with van der Waals surface area (Å²) in [6.07, 6.45) is 3.09. The zero-order chi connectivity index (χ0) is 17.4. The molecule has 0 heterocycles. The molecule has 0 fully saturated rings. The molecule has 0 radical (unpaired) electrons. The lowest BCUT2D eigenvalue weighted by Gasteiger charge is -2.15. The largest absolute Gasteiger partial charge is 0.483 e. The third kappa shape index (κ3) is 5.31. The Morgan fingerprint density at radius 3 is 2.54 bits per heavy atom. The Kier molecular flexibility index (Phi) is 7.19. The van der Waals surface area contributed by atoms with Crippen molar-refractivity contribution in [3.05, 3.63) is 59.7 Å². The van der Waals surface area contributed by atoms with Gasteiger partial charge in [-0.3, -0.25) is 4.79 Å². The highest BCUT2D eigenvalue weighted by molar-refractivity contribution is 7.98. The standard InChI is InChI=1S/C20H25NO2S/c1-4-15(2)18-7-5-6-8-19(18)23-14-20(22)21-13-16-9-11-17(24-3)12-10-16/h5-12,15H,4,13-14H2,1-3H3,(H,21,22). The van der Waals surface area contributed by atoms with Crippen LogP contribution in [0.25, 0.3) is 0 Å². The van der Waals surface area contributed by atoms with Gasteiger partial charge in [-0.25, -0.2) is 0 Å². The van der Waals surface area contributed by atoms with E-state index in [9.17, 15) is 4.79 Å². The van der Waals surface area contributed by atoms with Gasteiger partial charge in [-0.1, -0.05) is 44.2 Å². The number of para-hydroxylation sites is 1. The molecule has 0 aromatic heterocycles. The van der Waals surface area contributed by atoms with E-state index in [4.69, 9.17) is 4.74 Å². The molecule has 1 N–H and O–H groups in total. The predicted molar refractivity (Wildman–Crippen MR) is 101 cm³/mol. The van der Waals surface area contributed by atoms with Crippen molar-refractivity contribution in [1.29, 1.82) is 0 Å². The highest BCUT2D eigenvalue weighted by atomic mass is 32.2. The molecule has 3 nitrogen and oxygen atoms in total. The number of benzene rings is 2. The van der Waals surface area contributed by atoms with Crippen molar-refractivity contribution in [3.63, 3.8) is 0 Å². The molecule has 0 bridgehead atoms. The first-order valence-corrected chi connectivity index (χ1v) is 9.47. The van der Waals surface area contributed by atoms with Gasteiger partial charge in [0.1, 0.15) is 5.75 Å². The molecule has 0 aliphatic carbocycles. The van der Waals surface area contributed by atoms with Crippen molar-refractivity contribution in [2.24, 2.45) is 0 Å². The Balaban J connectivity index is 1.85. The molecule has 24 heavy (non-hydrogen) atoms. The van der Waals surface area contributed by atoms with Crippen molar-refractivity contribution in [1.82, 2.24) is 5.32 Å². The van der Waals surface area contributed by atoms with Gasteiger partial charge in [0.25, 0.3) is 5.91 Å². The summed E-state index contributed by atoms with van der Waals surface area (Å²) < 4.78 is 5.73. The topological polar surface area (TPSA) is 38.3 Å². The molecule has 0 aliphatic heterocycles. The van der Waals surface area contributed by atoms with Gasteiger partial charge in [0.15, 0.2) is 6.61 Å². The minimum absolute atomic E-state index is 0.0380. The number of rotatable bonds is 8. The van der Waals surface area contributed by atoms with Crippen LogP contribution < -0.4 is 10.1 Å². The van der Waals surface area contributed by atoms with E-state index in [0.29, 0.717) is 12.5 Å². The maximum Gasteiger partial charge on any atom is 0.258 e. The molecule has 2 aromatic carbocycles. The Morgan fingerprint density at radius 2 is 1.88 bits per heavy atom. The van der Waals surface area contributed by atoms with Crippen LogP contribution in [0.5, 0.6) is 5.75 Å². The van der Waals surface area contributed by atoms with Gasteiger partial charge in [0.2, 0.25) is 0 Å². The number of carbonyl (C=O) groups excluding carboxylic acids is 1. The number of hydrogen-bond acceptors (Lipinski definition) is 3. The van der Waals surface area contributed by atoms with E-state index in [0.717, 1.165) is 23.3 Å². The third-order valence-electron chi connectivity index (χ3n) is 4.07. The van der Waals surface area contributed by atoms with Crippen molar-refractivity contribution in [3.8, 4) is 5.75 Å². The lowest BCUT2D eigenvalue weighted by molar-refractivity contribution is -0.123. The number of carbonyl (C=O) groups is 1. The summed E-state index contributed by atoms with van der Waals surface area (Å²) in [6.45, 7) is 4.87. The van der Waals surface area contributed by atoms with Crippen molar-refractivity contribution < 1.29 is 9.53 Å². The highest BCUT2D eigenvalue weighted by Crippen LogP contribution is 2.28. The van der Waals surface area contributed by atoms with Crippen LogP contribution in [0.1, 0.15) is 37.3 Å². The molecule has 0 saturated carbocycles. The Bertz CT molecular complexity index is 655. The van der Waals surface area contributed by atoms with Gasteiger partial charge < -0.3 is 10.1 Å². The molecular formula is C20H25NO2S. The average molecular weight is 343 g/mol. The van der Waals surface area contributed by atoms with E-state index in [1.165, 1.54) is 4.90 Å². The molecular weight excluding hydrogens is 318 g/mol. The molecule has 2 aromatic rings. The summed E-state index contributed by atoms with van der Waals surface area (Å²) in [5, 5.41) is 2.90. The Hall–Kier alpha value is -1.94. The molecule has 4 heteroatoms. The van der Waals surface area contributed by atoms with Gasteiger partial charge in [-0.05, 0) is 47.9 Å². The fourth-order valence-corrected chi connectivity index (χ4v) is 2.79. The monoisotopic (exact) mass is 343 g/mol. The molecule has 1 amide bonds.